The minimum atomic E-state index is -0.323. The van der Waals surface area contributed by atoms with Gasteiger partial charge >= 0.3 is 5.97 Å². The maximum atomic E-state index is 11.2. The lowest BCUT2D eigenvalue weighted by molar-refractivity contribution is -0.163. The second-order valence-electron chi connectivity index (χ2n) is 3.83. The largest absolute Gasteiger partial charge is 0.459 e. The Morgan fingerprint density at radius 2 is 2.14 bits per heavy atom. The third kappa shape index (κ3) is 2.58. The number of ether oxygens (including phenoxy) is 2. The Balaban J connectivity index is 2.34. The quantitative estimate of drug-likeness (QED) is 0.501. The molecule has 1 aliphatic rings. The normalized spacial score (nSPS) is 18.4. The Hall–Kier alpha value is -0.830. The fourth-order valence-electron chi connectivity index (χ4n) is 1.53. The van der Waals surface area contributed by atoms with Crippen LogP contribution in [0.4, 0.5) is 0 Å². The van der Waals surface area contributed by atoms with Gasteiger partial charge in [-0.25, -0.2) is 4.79 Å². The molecule has 3 nitrogen and oxygen atoms in total. The lowest BCUT2D eigenvalue weighted by Crippen LogP contribution is -2.45. The Labute approximate surface area is 85.1 Å². The van der Waals surface area contributed by atoms with E-state index in [2.05, 4.69) is 6.58 Å². The maximum absolute atomic E-state index is 11.2. The summed E-state index contributed by atoms with van der Waals surface area (Å²) in [7, 11) is 0. The van der Waals surface area contributed by atoms with Gasteiger partial charge in [0.2, 0.25) is 0 Å². The van der Waals surface area contributed by atoms with Gasteiger partial charge in [-0.3, -0.25) is 0 Å². The highest BCUT2D eigenvalue weighted by Gasteiger charge is 2.39. The third-order valence-electron chi connectivity index (χ3n) is 2.53. The maximum Gasteiger partial charge on any atom is 0.333 e. The zero-order valence-electron chi connectivity index (χ0n) is 8.97. The van der Waals surface area contributed by atoms with E-state index in [1.807, 2.05) is 6.92 Å². The number of carbonyl (C=O) groups excluding carboxylic acids is 1. The molecule has 0 heterocycles. The van der Waals surface area contributed by atoms with Crippen LogP contribution in [-0.2, 0) is 14.3 Å². The fraction of sp³-hybridized carbons (Fsp3) is 0.727. The van der Waals surface area contributed by atoms with Crippen molar-refractivity contribution < 1.29 is 14.3 Å². The Bertz CT molecular complexity index is 229. The predicted octanol–water partition coefficient (Wildman–Crippen LogP) is 2.06. The van der Waals surface area contributed by atoms with Gasteiger partial charge in [0.05, 0.1) is 0 Å². The Morgan fingerprint density at radius 3 is 2.50 bits per heavy atom. The molecule has 1 aliphatic carbocycles. The van der Waals surface area contributed by atoms with Gasteiger partial charge in [-0.15, -0.1) is 0 Å². The molecule has 0 amide bonds. The topological polar surface area (TPSA) is 35.5 Å². The van der Waals surface area contributed by atoms with E-state index in [9.17, 15) is 4.79 Å². The summed E-state index contributed by atoms with van der Waals surface area (Å²) in [6.45, 7) is 8.18. The smallest absolute Gasteiger partial charge is 0.333 e. The van der Waals surface area contributed by atoms with Gasteiger partial charge in [0, 0.05) is 12.2 Å². The lowest BCUT2D eigenvalue weighted by atomic mass is 9.80. The second kappa shape index (κ2) is 4.60. The molecule has 14 heavy (non-hydrogen) atoms. The van der Waals surface area contributed by atoms with Crippen LogP contribution in [0.5, 0.6) is 0 Å². The average molecular weight is 198 g/mol. The van der Waals surface area contributed by atoms with Crippen molar-refractivity contribution in [3.8, 4) is 0 Å². The van der Waals surface area contributed by atoms with Crippen molar-refractivity contribution in [1.29, 1.82) is 0 Å². The first-order valence-electron chi connectivity index (χ1n) is 5.06. The van der Waals surface area contributed by atoms with Gasteiger partial charge in [0.15, 0.2) is 0 Å². The third-order valence-corrected chi connectivity index (χ3v) is 2.53. The van der Waals surface area contributed by atoms with Crippen LogP contribution < -0.4 is 0 Å². The van der Waals surface area contributed by atoms with Crippen molar-refractivity contribution in [3.05, 3.63) is 12.2 Å². The first-order valence-corrected chi connectivity index (χ1v) is 5.06. The van der Waals surface area contributed by atoms with Crippen LogP contribution >= 0.6 is 0 Å². The monoisotopic (exact) mass is 198 g/mol. The molecular formula is C11H18O3. The summed E-state index contributed by atoms with van der Waals surface area (Å²) in [5.74, 6) is -0.323. The summed E-state index contributed by atoms with van der Waals surface area (Å²) < 4.78 is 10.7. The van der Waals surface area contributed by atoms with E-state index in [0.717, 1.165) is 19.3 Å². The minimum absolute atomic E-state index is 0.195. The number of carbonyl (C=O) groups is 1. The highest BCUT2D eigenvalue weighted by molar-refractivity contribution is 5.86. The summed E-state index contributed by atoms with van der Waals surface area (Å²) in [6, 6.07) is 0. The van der Waals surface area contributed by atoms with Crippen molar-refractivity contribution in [2.45, 2.75) is 38.7 Å². The minimum Gasteiger partial charge on any atom is -0.459 e. The second-order valence-corrected chi connectivity index (χ2v) is 3.83. The molecular weight excluding hydrogens is 180 g/mol. The molecule has 0 atom stereocenters. The summed E-state index contributed by atoms with van der Waals surface area (Å²) in [5.41, 5.74) is 0.246. The van der Waals surface area contributed by atoms with Crippen LogP contribution in [0, 0.1) is 0 Å². The van der Waals surface area contributed by atoms with Crippen LogP contribution in [0.15, 0.2) is 12.2 Å². The van der Waals surface area contributed by atoms with Crippen LogP contribution in [-0.4, -0.2) is 24.8 Å². The van der Waals surface area contributed by atoms with Crippen LogP contribution in [0.25, 0.3) is 0 Å². The molecule has 0 spiro atoms. The van der Waals surface area contributed by atoms with E-state index in [4.69, 9.17) is 9.47 Å². The molecule has 0 aromatic rings. The molecule has 1 rings (SSSR count). The van der Waals surface area contributed by atoms with Crippen molar-refractivity contribution in [3.63, 3.8) is 0 Å². The van der Waals surface area contributed by atoms with E-state index in [1.165, 1.54) is 0 Å². The highest BCUT2D eigenvalue weighted by Crippen LogP contribution is 2.35. The van der Waals surface area contributed by atoms with Gasteiger partial charge < -0.3 is 9.47 Å². The summed E-state index contributed by atoms with van der Waals surface area (Å²) in [6.07, 6.45) is 3.14. The van der Waals surface area contributed by atoms with Crippen LogP contribution in [0.3, 0.4) is 0 Å². The average Bonchev–Trinajstić information content (AvgIpc) is 2.08. The Kier molecular flexibility index (Phi) is 3.69. The van der Waals surface area contributed by atoms with E-state index in [1.54, 1.807) is 6.92 Å². The van der Waals surface area contributed by atoms with E-state index < -0.39 is 0 Å². The molecule has 0 bridgehead atoms. The van der Waals surface area contributed by atoms with Crippen molar-refractivity contribution >= 4 is 5.97 Å². The zero-order chi connectivity index (χ0) is 10.6. The molecule has 0 aliphatic heterocycles. The van der Waals surface area contributed by atoms with Crippen molar-refractivity contribution in [2.24, 2.45) is 0 Å². The van der Waals surface area contributed by atoms with Gasteiger partial charge in [-0.1, -0.05) is 6.58 Å². The number of esters is 1. The fourth-order valence-corrected chi connectivity index (χ4v) is 1.53. The first-order chi connectivity index (χ1) is 6.59. The molecule has 1 saturated carbocycles. The number of rotatable bonds is 5. The van der Waals surface area contributed by atoms with E-state index in [0.29, 0.717) is 18.8 Å². The first kappa shape index (κ1) is 11.2. The van der Waals surface area contributed by atoms with E-state index >= 15 is 0 Å². The molecule has 80 valence electrons. The molecule has 0 unspecified atom stereocenters. The van der Waals surface area contributed by atoms with Gasteiger partial charge in [0.25, 0.3) is 0 Å². The molecule has 0 aromatic heterocycles. The van der Waals surface area contributed by atoms with Crippen molar-refractivity contribution in [2.75, 3.05) is 13.2 Å². The molecule has 1 fully saturated rings. The lowest BCUT2D eigenvalue weighted by Gasteiger charge is -2.40. The van der Waals surface area contributed by atoms with Crippen LogP contribution in [0.2, 0.25) is 0 Å². The summed E-state index contributed by atoms with van der Waals surface area (Å²) in [4.78, 5) is 11.2. The van der Waals surface area contributed by atoms with E-state index in [-0.39, 0.29) is 11.6 Å². The van der Waals surface area contributed by atoms with Crippen molar-refractivity contribution in [1.82, 2.24) is 0 Å². The SMILES string of the molecule is C=C(C)C(=O)OCC1(OCC)CCC1. The van der Waals surface area contributed by atoms with Gasteiger partial charge in [-0.05, 0) is 33.1 Å². The molecule has 0 aromatic carbocycles. The summed E-state index contributed by atoms with van der Waals surface area (Å²) in [5, 5.41) is 0. The standard InChI is InChI=1S/C11H18O3/c1-4-14-11(6-5-7-11)8-13-10(12)9(2)3/h2,4-8H2,1,3H3. The molecule has 3 heteroatoms. The summed E-state index contributed by atoms with van der Waals surface area (Å²) >= 11 is 0. The molecule has 0 radical (unpaired) electrons. The molecule has 0 saturated heterocycles. The molecule has 0 N–H and O–H groups in total. The Morgan fingerprint density at radius 1 is 1.50 bits per heavy atom. The highest BCUT2D eigenvalue weighted by atomic mass is 16.6. The number of hydrogen-bond donors (Lipinski definition) is 0. The van der Waals surface area contributed by atoms with Crippen LogP contribution in [0.1, 0.15) is 33.1 Å². The zero-order valence-corrected chi connectivity index (χ0v) is 8.97. The van der Waals surface area contributed by atoms with Gasteiger partial charge in [-0.2, -0.15) is 0 Å². The predicted molar refractivity (Wildman–Crippen MR) is 54.0 cm³/mol. The number of hydrogen-bond acceptors (Lipinski definition) is 3. The van der Waals surface area contributed by atoms with Gasteiger partial charge in [0.1, 0.15) is 12.2 Å².